The Morgan fingerprint density at radius 3 is 2.65 bits per heavy atom. The molecule has 1 aliphatic heterocycles. The van der Waals surface area contributed by atoms with Gasteiger partial charge in [0.2, 0.25) is 5.91 Å². The monoisotopic (exact) mass is 332 g/mol. The highest BCUT2D eigenvalue weighted by Gasteiger charge is 2.29. The Morgan fingerprint density at radius 1 is 1.22 bits per heavy atom. The molecule has 2 atom stereocenters. The number of nitrogens with one attached hydrogen (secondary N) is 2. The van der Waals surface area contributed by atoms with E-state index >= 15 is 0 Å². The molecular formula is C18H18ClFN2O. The van der Waals surface area contributed by atoms with Crippen LogP contribution in [-0.2, 0) is 4.79 Å². The molecule has 120 valence electrons. The Morgan fingerprint density at radius 2 is 1.96 bits per heavy atom. The van der Waals surface area contributed by atoms with Gasteiger partial charge in [-0.1, -0.05) is 41.9 Å². The zero-order valence-corrected chi connectivity index (χ0v) is 13.5. The molecule has 0 saturated carbocycles. The molecule has 1 amide bonds. The molecule has 3 rings (SSSR count). The number of anilines is 1. The van der Waals surface area contributed by atoms with Crippen molar-refractivity contribution in [3.63, 3.8) is 0 Å². The molecule has 0 aliphatic carbocycles. The predicted octanol–water partition coefficient (Wildman–Crippen LogP) is 3.95. The summed E-state index contributed by atoms with van der Waals surface area (Å²) in [4.78, 5) is 12.3. The molecule has 2 N–H and O–H groups in total. The second kappa shape index (κ2) is 6.69. The molecule has 0 spiro atoms. The third kappa shape index (κ3) is 3.38. The van der Waals surface area contributed by atoms with Gasteiger partial charge < -0.3 is 10.6 Å². The van der Waals surface area contributed by atoms with Crippen LogP contribution in [0, 0.1) is 6.92 Å². The van der Waals surface area contributed by atoms with Crippen molar-refractivity contribution in [1.82, 2.24) is 5.32 Å². The first-order chi connectivity index (χ1) is 11.1. The Hall–Kier alpha value is -1.91. The SMILES string of the molecule is Cc1c(NC(=O)[C@@H]2C[C@@H](F)CN2)cccc1-c1ccccc1Cl. The van der Waals surface area contributed by atoms with Crippen LogP contribution in [-0.4, -0.2) is 24.7 Å². The average molecular weight is 333 g/mol. The molecule has 1 aliphatic rings. The van der Waals surface area contributed by atoms with Crippen molar-refractivity contribution in [3.8, 4) is 11.1 Å². The van der Waals surface area contributed by atoms with Crippen molar-refractivity contribution in [2.75, 3.05) is 11.9 Å². The topological polar surface area (TPSA) is 41.1 Å². The van der Waals surface area contributed by atoms with Crippen molar-refractivity contribution in [1.29, 1.82) is 0 Å². The fraction of sp³-hybridized carbons (Fsp3) is 0.278. The Bertz CT molecular complexity index is 735. The van der Waals surface area contributed by atoms with Crippen LogP contribution in [0.1, 0.15) is 12.0 Å². The highest BCUT2D eigenvalue weighted by molar-refractivity contribution is 6.33. The summed E-state index contributed by atoms with van der Waals surface area (Å²) in [5.41, 5.74) is 3.54. The Labute approximate surface area is 139 Å². The minimum absolute atomic E-state index is 0.204. The van der Waals surface area contributed by atoms with Crippen LogP contribution in [0.5, 0.6) is 0 Å². The van der Waals surface area contributed by atoms with Crippen LogP contribution >= 0.6 is 11.6 Å². The molecule has 0 aromatic heterocycles. The van der Waals surface area contributed by atoms with E-state index in [0.717, 1.165) is 22.4 Å². The third-order valence-electron chi connectivity index (χ3n) is 4.15. The lowest BCUT2D eigenvalue weighted by Gasteiger charge is -2.16. The largest absolute Gasteiger partial charge is 0.324 e. The van der Waals surface area contributed by atoms with E-state index in [1.54, 1.807) is 0 Å². The molecule has 5 heteroatoms. The highest BCUT2D eigenvalue weighted by atomic mass is 35.5. The van der Waals surface area contributed by atoms with E-state index < -0.39 is 12.2 Å². The van der Waals surface area contributed by atoms with Gasteiger partial charge in [-0.05, 0) is 30.2 Å². The fourth-order valence-corrected chi connectivity index (χ4v) is 3.09. The van der Waals surface area contributed by atoms with E-state index in [4.69, 9.17) is 11.6 Å². The molecular weight excluding hydrogens is 315 g/mol. The standard InChI is InChI=1S/C18H18ClFN2O/c1-11-13(14-5-2-3-7-15(14)19)6-4-8-16(11)22-18(23)17-9-12(20)10-21-17/h2-8,12,17,21H,9-10H2,1H3,(H,22,23)/t12-,17+/m1/s1. The number of halogens is 2. The van der Waals surface area contributed by atoms with Gasteiger partial charge >= 0.3 is 0 Å². The van der Waals surface area contributed by atoms with Gasteiger partial charge in [0.25, 0.3) is 0 Å². The van der Waals surface area contributed by atoms with E-state index in [0.29, 0.717) is 5.02 Å². The summed E-state index contributed by atoms with van der Waals surface area (Å²) >= 11 is 6.27. The van der Waals surface area contributed by atoms with Crippen molar-refractivity contribution < 1.29 is 9.18 Å². The van der Waals surface area contributed by atoms with Gasteiger partial charge in [-0.15, -0.1) is 0 Å². The number of benzene rings is 2. The lowest BCUT2D eigenvalue weighted by Crippen LogP contribution is -2.35. The van der Waals surface area contributed by atoms with Crippen LogP contribution in [0.3, 0.4) is 0 Å². The van der Waals surface area contributed by atoms with Crippen LogP contribution in [0.4, 0.5) is 10.1 Å². The van der Waals surface area contributed by atoms with Crippen molar-refractivity contribution in [3.05, 3.63) is 53.1 Å². The van der Waals surface area contributed by atoms with Crippen molar-refractivity contribution >= 4 is 23.2 Å². The second-order valence-electron chi connectivity index (χ2n) is 5.74. The van der Waals surface area contributed by atoms with Crippen LogP contribution in [0.15, 0.2) is 42.5 Å². The number of alkyl halides is 1. The number of carbonyl (C=O) groups is 1. The summed E-state index contributed by atoms with van der Waals surface area (Å²) in [7, 11) is 0. The quantitative estimate of drug-likeness (QED) is 0.893. The Balaban J connectivity index is 1.86. The van der Waals surface area contributed by atoms with E-state index in [1.807, 2.05) is 49.4 Å². The van der Waals surface area contributed by atoms with E-state index in [-0.39, 0.29) is 18.9 Å². The van der Waals surface area contributed by atoms with Crippen molar-refractivity contribution in [2.45, 2.75) is 25.6 Å². The predicted molar refractivity (Wildman–Crippen MR) is 91.6 cm³/mol. The average Bonchev–Trinajstić information content (AvgIpc) is 2.97. The number of carbonyl (C=O) groups excluding carboxylic acids is 1. The summed E-state index contributed by atoms with van der Waals surface area (Å²) in [5.74, 6) is -0.204. The van der Waals surface area contributed by atoms with E-state index in [1.165, 1.54) is 0 Å². The van der Waals surface area contributed by atoms with Gasteiger partial charge in [0.05, 0.1) is 6.04 Å². The molecule has 1 saturated heterocycles. The maximum atomic E-state index is 13.2. The molecule has 23 heavy (non-hydrogen) atoms. The van der Waals surface area contributed by atoms with E-state index in [9.17, 15) is 9.18 Å². The highest BCUT2D eigenvalue weighted by Crippen LogP contribution is 2.33. The lowest BCUT2D eigenvalue weighted by atomic mass is 9.99. The van der Waals surface area contributed by atoms with Crippen LogP contribution < -0.4 is 10.6 Å². The molecule has 1 fully saturated rings. The minimum atomic E-state index is -0.957. The van der Waals surface area contributed by atoms with E-state index in [2.05, 4.69) is 10.6 Å². The van der Waals surface area contributed by atoms with Crippen LogP contribution in [0.25, 0.3) is 11.1 Å². The zero-order chi connectivity index (χ0) is 16.4. The van der Waals surface area contributed by atoms with Crippen molar-refractivity contribution in [2.24, 2.45) is 0 Å². The van der Waals surface area contributed by atoms with Gasteiger partial charge in [-0.2, -0.15) is 0 Å². The molecule has 0 bridgehead atoms. The summed E-state index contributed by atoms with van der Waals surface area (Å²) in [6.45, 7) is 2.17. The summed E-state index contributed by atoms with van der Waals surface area (Å²) < 4.78 is 13.2. The normalized spacial score (nSPS) is 20.5. The van der Waals surface area contributed by atoms with Gasteiger partial charge in [-0.3, -0.25) is 4.79 Å². The first kappa shape index (κ1) is 16.0. The maximum Gasteiger partial charge on any atom is 0.241 e. The number of hydrogen-bond donors (Lipinski definition) is 2. The maximum absolute atomic E-state index is 13.2. The first-order valence-electron chi connectivity index (χ1n) is 7.59. The fourth-order valence-electron chi connectivity index (χ4n) is 2.85. The second-order valence-corrected chi connectivity index (χ2v) is 6.15. The number of amides is 1. The molecule has 2 aromatic carbocycles. The summed E-state index contributed by atoms with van der Waals surface area (Å²) in [5, 5.41) is 6.45. The van der Waals surface area contributed by atoms with Gasteiger partial charge in [0, 0.05) is 29.2 Å². The first-order valence-corrected chi connectivity index (χ1v) is 7.97. The third-order valence-corrected chi connectivity index (χ3v) is 4.48. The van der Waals surface area contributed by atoms with Gasteiger partial charge in [0.15, 0.2) is 0 Å². The molecule has 3 nitrogen and oxygen atoms in total. The molecule has 2 aromatic rings. The summed E-state index contributed by atoms with van der Waals surface area (Å²) in [6, 6.07) is 12.8. The van der Waals surface area contributed by atoms with Gasteiger partial charge in [-0.25, -0.2) is 4.39 Å². The Kier molecular flexibility index (Phi) is 4.64. The minimum Gasteiger partial charge on any atom is -0.324 e. The molecule has 0 unspecified atom stereocenters. The zero-order valence-electron chi connectivity index (χ0n) is 12.8. The number of rotatable bonds is 3. The smallest absolute Gasteiger partial charge is 0.241 e. The molecule has 1 heterocycles. The molecule has 0 radical (unpaired) electrons. The van der Waals surface area contributed by atoms with Crippen LogP contribution in [0.2, 0.25) is 5.02 Å². The lowest BCUT2D eigenvalue weighted by molar-refractivity contribution is -0.117. The summed E-state index contributed by atoms with van der Waals surface area (Å²) in [6.07, 6.45) is -0.740. The number of hydrogen-bond acceptors (Lipinski definition) is 2. The van der Waals surface area contributed by atoms with Gasteiger partial charge in [0.1, 0.15) is 6.17 Å².